The molecule has 0 atom stereocenters. The van der Waals surface area contributed by atoms with Gasteiger partial charge in [0.25, 0.3) is 0 Å². The van der Waals surface area contributed by atoms with Crippen molar-refractivity contribution in [2.75, 3.05) is 0 Å². The zero-order valence-corrected chi connectivity index (χ0v) is 18.8. The van der Waals surface area contributed by atoms with E-state index in [9.17, 15) is 0 Å². The summed E-state index contributed by atoms with van der Waals surface area (Å²) in [5.74, 6) is 0. The average Bonchev–Trinajstić information content (AvgIpc) is 3.26. The summed E-state index contributed by atoms with van der Waals surface area (Å²) in [6.45, 7) is 10.3. The van der Waals surface area contributed by atoms with Gasteiger partial charge < -0.3 is 24.8 Å². The number of fused-ring (bicyclic) bond motifs is 3. The van der Waals surface area contributed by atoms with Gasteiger partial charge in [-0.2, -0.15) is 42.5 Å². The number of halogens is 2. The van der Waals surface area contributed by atoms with Crippen LogP contribution in [0, 0.1) is 18.7 Å². The molecule has 0 bridgehead atoms. The van der Waals surface area contributed by atoms with Gasteiger partial charge in [-0.1, -0.05) is 35.4 Å². The summed E-state index contributed by atoms with van der Waals surface area (Å²) < 4.78 is 0. The second-order valence-corrected chi connectivity index (χ2v) is 5.41. The fourth-order valence-electron chi connectivity index (χ4n) is 2.34. The van der Waals surface area contributed by atoms with Crippen LogP contribution in [0.1, 0.15) is 24.5 Å². The first-order valence-corrected chi connectivity index (χ1v) is 7.72. The van der Waals surface area contributed by atoms with Gasteiger partial charge >= 0.3 is 26.2 Å². The molecule has 0 aromatic heterocycles. The third kappa shape index (κ3) is 8.50. The average molecular weight is 460 g/mol. The largest absolute Gasteiger partial charge is 2.00 e. The first-order valence-electron chi connectivity index (χ1n) is 7.72. The van der Waals surface area contributed by atoms with Gasteiger partial charge in [0.05, 0.1) is 0 Å². The molecule has 0 spiro atoms. The summed E-state index contributed by atoms with van der Waals surface area (Å²) in [5.41, 5.74) is 6.42. The first-order chi connectivity index (χ1) is 11.2. The first kappa shape index (κ1) is 27.1. The summed E-state index contributed by atoms with van der Waals surface area (Å²) in [6.07, 6.45) is 12.5. The zero-order chi connectivity index (χ0) is 16.5. The van der Waals surface area contributed by atoms with Crippen molar-refractivity contribution in [3.63, 3.8) is 0 Å². The Morgan fingerprint density at radius 1 is 1.12 bits per heavy atom. The van der Waals surface area contributed by atoms with Gasteiger partial charge in [-0.05, 0) is 6.42 Å². The Morgan fingerprint density at radius 3 is 2.31 bits per heavy atom. The standard InChI is InChI=1S/C13H9.C5H5.C5H7.2ClH.Zr/c1-3-7-12-10(5-1)9-11-6-2-4-8-13(11)12;1-2-4-5-3-1;1-4-5(2)3;;;/h1-5,7-8H,9H2;1-3H,4H2;1,4H,2H2,3H3;2*1H;/q3*-1;;;+2/p-2. The molecule has 0 aliphatic heterocycles. The fourth-order valence-corrected chi connectivity index (χ4v) is 2.34. The van der Waals surface area contributed by atoms with Gasteiger partial charge in [0, 0.05) is 0 Å². The van der Waals surface area contributed by atoms with Crippen molar-refractivity contribution in [3.05, 3.63) is 109 Å². The molecular formula is C23H21Cl2Zr-3. The van der Waals surface area contributed by atoms with Gasteiger partial charge in [-0.15, -0.1) is 18.9 Å². The second kappa shape index (κ2) is 15.0. The van der Waals surface area contributed by atoms with Crippen molar-refractivity contribution in [3.8, 4) is 11.1 Å². The van der Waals surface area contributed by atoms with Crippen molar-refractivity contribution < 1.29 is 51.0 Å². The van der Waals surface area contributed by atoms with E-state index in [1.165, 1.54) is 28.3 Å². The molecule has 0 N–H and O–H groups in total. The van der Waals surface area contributed by atoms with Gasteiger partial charge in [-0.3, -0.25) is 12.7 Å². The summed E-state index contributed by atoms with van der Waals surface area (Å²) in [4.78, 5) is 0. The summed E-state index contributed by atoms with van der Waals surface area (Å²) in [6, 6.07) is 18.1. The number of rotatable bonds is 1. The Morgan fingerprint density at radius 2 is 1.77 bits per heavy atom. The second-order valence-electron chi connectivity index (χ2n) is 5.41. The van der Waals surface area contributed by atoms with Gasteiger partial charge in [0.2, 0.25) is 0 Å². The fraction of sp³-hybridized carbons (Fsp3) is 0.130. The maximum atomic E-state index is 4.95. The van der Waals surface area contributed by atoms with E-state index >= 15 is 0 Å². The molecular weight excluding hydrogens is 438 g/mol. The van der Waals surface area contributed by atoms with Crippen molar-refractivity contribution in [1.29, 1.82) is 0 Å². The van der Waals surface area contributed by atoms with Crippen LogP contribution in [-0.4, -0.2) is 0 Å². The molecule has 134 valence electrons. The minimum absolute atomic E-state index is 0. The van der Waals surface area contributed by atoms with E-state index in [0.29, 0.717) is 0 Å². The molecule has 0 fully saturated rings. The predicted molar refractivity (Wildman–Crippen MR) is 98.8 cm³/mol. The Hall–Kier alpha value is -1.14. The number of hydrogen-bond acceptors (Lipinski definition) is 0. The zero-order valence-electron chi connectivity index (χ0n) is 14.8. The topological polar surface area (TPSA) is 0 Å². The van der Waals surface area contributed by atoms with Crippen molar-refractivity contribution >= 4 is 0 Å². The maximum absolute atomic E-state index is 4.95. The van der Waals surface area contributed by atoms with E-state index in [4.69, 9.17) is 6.58 Å². The molecule has 2 aliphatic carbocycles. The molecule has 0 saturated carbocycles. The van der Waals surface area contributed by atoms with E-state index in [1.807, 2.05) is 25.1 Å². The molecule has 2 aromatic carbocycles. The molecule has 2 aromatic rings. The quantitative estimate of drug-likeness (QED) is 0.353. The van der Waals surface area contributed by atoms with Crippen LogP contribution < -0.4 is 24.8 Å². The van der Waals surface area contributed by atoms with E-state index in [2.05, 4.69) is 61.2 Å². The third-order valence-electron chi connectivity index (χ3n) is 3.49. The summed E-state index contributed by atoms with van der Waals surface area (Å²) >= 11 is 0. The SMILES string of the molecule is [C-]1=CC=CC1.[CH-]=CC(=C)C.[Cl-].[Cl-].[Zr+2].[c-]1cccc2c1Cc1ccccc1-2. The van der Waals surface area contributed by atoms with Crippen LogP contribution in [0.25, 0.3) is 11.1 Å². The third-order valence-corrected chi connectivity index (χ3v) is 3.49. The van der Waals surface area contributed by atoms with Crippen molar-refractivity contribution in [1.82, 2.24) is 0 Å². The van der Waals surface area contributed by atoms with E-state index in [0.717, 1.165) is 18.4 Å². The molecule has 0 radical (unpaired) electrons. The number of hydrogen-bond donors (Lipinski definition) is 0. The molecule has 26 heavy (non-hydrogen) atoms. The molecule has 2 aliphatic rings. The molecule has 0 nitrogen and oxygen atoms in total. The van der Waals surface area contributed by atoms with Crippen LogP contribution in [0.3, 0.4) is 0 Å². The molecule has 0 heterocycles. The molecule has 0 amide bonds. The maximum Gasteiger partial charge on any atom is 2.00 e. The molecule has 4 rings (SSSR count). The monoisotopic (exact) mass is 457 g/mol. The summed E-state index contributed by atoms with van der Waals surface area (Å²) in [7, 11) is 0. The van der Waals surface area contributed by atoms with Gasteiger partial charge in [0.1, 0.15) is 0 Å². The van der Waals surface area contributed by atoms with Crippen LogP contribution in [-0.2, 0) is 32.6 Å². The minimum atomic E-state index is 0. The molecule has 0 unspecified atom stereocenters. The van der Waals surface area contributed by atoms with E-state index in [-0.39, 0.29) is 51.0 Å². The van der Waals surface area contributed by atoms with Crippen LogP contribution >= 0.6 is 0 Å². The smallest absolute Gasteiger partial charge is 1.00 e. The number of benzene rings is 2. The van der Waals surface area contributed by atoms with Crippen LogP contribution in [0.5, 0.6) is 0 Å². The Bertz CT molecular complexity index is 692. The minimum Gasteiger partial charge on any atom is -1.00 e. The number of allylic oxidation sites excluding steroid dienone is 6. The summed E-state index contributed by atoms with van der Waals surface area (Å²) in [5, 5.41) is 0. The predicted octanol–water partition coefficient (Wildman–Crippen LogP) is -0.0791. The molecule has 3 heteroatoms. The van der Waals surface area contributed by atoms with E-state index in [1.54, 1.807) is 0 Å². The van der Waals surface area contributed by atoms with E-state index < -0.39 is 0 Å². The molecule has 0 saturated heterocycles. The Balaban J connectivity index is 0. The Labute approximate surface area is 189 Å². The van der Waals surface area contributed by atoms with Gasteiger partial charge in [0.15, 0.2) is 0 Å². The van der Waals surface area contributed by atoms with Gasteiger partial charge in [-0.25, -0.2) is 23.8 Å². The Kier molecular flexibility index (Phi) is 15.6. The van der Waals surface area contributed by atoms with Crippen molar-refractivity contribution in [2.45, 2.75) is 19.8 Å². The van der Waals surface area contributed by atoms with Crippen molar-refractivity contribution in [2.24, 2.45) is 0 Å². The normalized spacial score (nSPS) is 10.8. The van der Waals surface area contributed by atoms with Crippen LogP contribution in [0.4, 0.5) is 0 Å². The van der Waals surface area contributed by atoms with Crippen LogP contribution in [0.2, 0.25) is 0 Å². The van der Waals surface area contributed by atoms with Crippen LogP contribution in [0.15, 0.2) is 78.9 Å².